The Balaban J connectivity index is -0.0000000816. The van der Waals surface area contributed by atoms with E-state index in [4.69, 9.17) is 30.9 Å². The van der Waals surface area contributed by atoms with E-state index in [1.165, 1.54) is 50.2 Å². The molecule has 4 radical (unpaired) electrons. The summed E-state index contributed by atoms with van der Waals surface area (Å²) in [5, 5.41) is 147. The van der Waals surface area contributed by atoms with Crippen molar-refractivity contribution >= 4 is 35.8 Å². The number of carbonyl (C=O) groups excluding carboxylic acids is 6. The van der Waals surface area contributed by atoms with Crippen molar-refractivity contribution in [1.29, 1.82) is 10.5 Å². The van der Waals surface area contributed by atoms with E-state index in [-0.39, 0.29) is 194 Å². The number of nitriles is 2. The third-order valence-corrected chi connectivity index (χ3v) is 9.99. The molecule has 0 heterocycles. The summed E-state index contributed by atoms with van der Waals surface area (Å²) < 4.78 is 0. The molecule has 0 aliphatic heterocycles. The van der Waals surface area contributed by atoms with Gasteiger partial charge < -0.3 is 121 Å². The van der Waals surface area contributed by atoms with Gasteiger partial charge in [-0.1, -0.05) is 179 Å². The van der Waals surface area contributed by atoms with E-state index in [1.54, 1.807) is 94.7 Å². The Hall–Kier alpha value is -5.78. The van der Waals surface area contributed by atoms with Crippen molar-refractivity contribution in [2.45, 2.75) is 55.4 Å². The van der Waals surface area contributed by atoms with Gasteiger partial charge in [0.25, 0.3) is 0 Å². The average Bonchev–Trinajstić information content (AvgIpc) is 3.72. The summed E-state index contributed by atoms with van der Waals surface area (Å²) >= 11 is 0. The van der Waals surface area contributed by atoms with E-state index in [0.29, 0.717) is 39.3 Å². The molecule has 6 rings (SSSR count). The number of carboxylic acids is 6. The van der Waals surface area contributed by atoms with Crippen molar-refractivity contribution in [3.05, 3.63) is 212 Å². The Morgan fingerprint density at radius 3 is 0.542 bits per heavy atom. The summed E-state index contributed by atoms with van der Waals surface area (Å²) in [4.78, 5) is 64.8. The number of aromatic carboxylic acids is 6. The number of aryl methyl sites for hydroxylation is 6. The van der Waals surface area contributed by atoms with Crippen LogP contribution in [0, 0.1) is 141 Å². The van der Waals surface area contributed by atoms with Crippen molar-refractivity contribution in [1.82, 2.24) is 9.80 Å². The molecule has 0 saturated heterocycles. The summed E-state index contributed by atoms with van der Waals surface area (Å²) in [5.74, 6) is -6.73. The van der Waals surface area contributed by atoms with Crippen LogP contribution < -0.4 is 51.1 Å². The number of nitrogens with zero attached hydrogens (tertiary/aromatic N) is 4. The van der Waals surface area contributed by atoms with Crippen LogP contribution in [0.3, 0.4) is 0 Å². The fourth-order valence-electron chi connectivity index (χ4n) is 6.10. The topological polar surface area (TPSA) is 528 Å². The molecule has 6 aromatic rings. The fraction of sp³-hybridized carbons (Fsp3) is 0.333. The largest absolute Gasteiger partial charge is 3.00 e. The molecule has 0 unspecified atom stereocenters. The summed E-state index contributed by atoms with van der Waals surface area (Å²) in [7, 11) is 2.00. The minimum Gasteiger partial charge on any atom is -0.870 e. The minimum absolute atomic E-state index is 0. The minimum atomic E-state index is -1.12. The summed E-state index contributed by atoms with van der Waals surface area (Å²) in [6.07, 6.45) is 0. The fourth-order valence-corrected chi connectivity index (χ4v) is 6.10. The van der Waals surface area contributed by atoms with Gasteiger partial charge >= 0.3 is 110 Å². The monoisotopic (exact) mass is 1720 g/mol. The first-order valence-electron chi connectivity index (χ1n) is 26.9. The van der Waals surface area contributed by atoms with Crippen LogP contribution in [0.25, 0.3) is 0 Å². The Bertz CT molecular complexity index is 2490. The van der Waals surface area contributed by atoms with Gasteiger partial charge in [0, 0.05) is 41.2 Å². The number of hydrogen-bond acceptors (Lipinski definition) is 26. The SMILES string of the molecule is CC#N.CC#N.CO.CO.Cc1cccc(C(=O)[O-])c1.Cc1cccc(C(=O)[O-])c1.Cc1cccc(C(=O)[O-])c1.Cc1cccc(C(=O)[O-])c1.Cc1cccc(C(=O)[O-])c1.Cc1cccc(C(=O)[O-])c1.[Dy+3].[Dy+3].[Fe+3].[Fe+3].[O-]CCN(CC[O-])CCO.[O-]CCN(CC[O-])CCO.[OH-].[OH-]. The number of aliphatic hydroxyl groups excluding tert-OH is 4. The van der Waals surface area contributed by atoms with Crippen LogP contribution >= 0.6 is 0 Å². The second kappa shape index (κ2) is 81.7. The van der Waals surface area contributed by atoms with E-state index in [1.807, 2.05) is 77.9 Å². The van der Waals surface area contributed by atoms with Gasteiger partial charge in [0.15, 0.2) is 0 Å². The summed E-state index contributed by atoms with van der Waals surface area (Å²) in [6.45, 7) is 15.4. The molecule has 96 heavy (non-hydrogen) atoms. The number of rotatable bonds is 18. The zero-order valence-corrected chi connectivity index (χ0v) is 61.0. The van der Waals surface area contributed by atoms with Crippen LogP contribution in [0.4, 0.5) is 0 Å². The van der Waals surface area contributed by atoms with Crippen LogP contribution in [0.2, 0.25) is 0 Å². The molecular weight excluding hydrogens is 1640 g/mol. The molecule has 30 heteroatoms. The van der Waals surface area contributed by atoms with Crippen molar-refractivity contribution in [3.63, 3.8) is 0 Å². The molecule has 0 atom stereocenters. The maximum atomic E-state index is 10.2. The molecule has 0 saturated carbocycles. The standard InChI is InChI=1S/6C8H8O2.2C6H13NO3.2C2H3N.2CH4O.2Dy.2Fe.2H2O/c6*1-6-3-2-4-7(5-6)8(9)10;2*8-4-1-7(2-5-9)3-6-10;2*1-2-3;2*1-2;;;;;;/h6*2-5H,1H3,(H,9,10);2*8H,1-6H2;2*1H3;2*2H,1H3;;;;;2*1H2/q;;;;;;2*-2;;;;;4*+3;;/p-8. The van der Waals surface area contributed by atoms with Crippen LogP contribution in [-0.4, -0.2) is 170 Å². The third kappa shape index (κ3) is 72.5. The Morgan fingerprint density at radius 1 is 0.344 bits per heavy atom. The molecule has 26 nitrogen and oxygen atoms in total. The maximum absolute atomic E-state index is 10.2. The first kappa shape index (κ1) is 117. The summed E-state index contributed by atoms with van der Waals surface area (Å²) in [6, 6.07) is 43.3. The van der Waals surface area contributed by atoms with Gasteiger partial charge in [0.05, 0.1) is 61.2 Å². The summed E-state index contributed by atoms with van der Waals surface area (Å²) in [5.41, 5.74) is 7.01. The normalized spacial score (nSPS) is 8.35. The van der Waals surface area contributed by atoms with E-state index in [2.05, 4.69) is 0 Å². The average molecular weight is 1720 g/mol. The maximum Gasteiger partial charge on any atom is 3.00 e. The van der Waals surface area contributed by atoms with Crippen molar-refractivity contribution in [3.8, 4) is 12.1 Å². The van der Waals surface area contributed by atoms with E-state index >= 15 is 0 Å². The number of hydrogen-bond donors (Lipinski definition) is 4. The molecule has 536 valence electrons. The molecule has 0 aliphatic rings. The van der Waals surface area contributed by atoms with Crippen LogP contribution in [0.5, 0.6) is 0 Å². The van der Waals surface area contributed by atoms with Gasteiger partial charge in [0.1, 0.15) is 0 Å². The van der Waals surface area contributed by atoms with Gasteiger partial charge in [-0.2, -0.15) is 10.5 Å². The molecule has 6 aromatic carbocycles. The zero-order valence-electron chi connectivity index (χ0n) is 54.7. The second-order valence-corrected chi connectivity index (χ2v) is 17.3. The van der Waals surface area contributed by atoms with Gasteiger partial charge in [-0.3, -0.25) is 0 Å². The smallest absolute Gasteiger partial charge is 0.870 e. The second-order valence-electron chi connectivity index (χ2n) is 17.3. The number of carbonyl (C=O) groups is 6. The number of benzene rings is 6. The Labute approximate surface area is 644 Å². The van der Waals surface area contributed by atoms with E-state index in [0.717, 1.165) is 47.6 Å². The number of carboxylic acid groups (broad SMARTS) is 6. The molecule has 0 aromatic heterocycles. The first-order valence-corrected chi connectivity index (χ1v) is 26.9. The van der Waals surface area contributed by atoms with Crippen LogP contribution in [0.15, 0.2) is 146 Å². The molecular formula is C66H84Dy2Fe2N4O22. The third-order valence-electron chi connectivity index (χ3n) is 9.99. The molecule has 0 bridgehead atoms. The molecule has 0 fully saturated rings. The molecule has 0 aliphatic carbocycles. The Kier molecular flexibility index (Phi) is 99.8. The van der Waals surface area contributed by atoms with Gasteiger partial charge in [0.2, 0.25) is 0 Å². The van der Waals surface area contributed by atoms with E-state index < -0.39 is 35.8 Å². The van der Waals surface area contributed by atoms with Crippen LogP contribution in [0.1, 0.15) is 109 Å². The Morgan fingerprint density at radius 2 is 0.469 bits per heavy atom. The zero-order chi connectivity index (χ0) is 70.4. The van der Waals surface area contributed by atoms with Crippen molar-refractivity contribution in [2.75, 3.05) is 93.1 Å². The predicted octanol–water partition coefficient (Wildman–Crippen LogP) is -3.93. The number of aliphatic hydroxyl groups is 4. The predicted molar refractivity (Wildman–Crippen MR) is 322 cm³/mol. The van der Waals surface area contributed by atoms with Gasteiger partial charge in [-0.25, -0.2) is 0 Å². The van der Waals surface area contributed by atoms with Gasteiger partial charge in [-0.05, 0) is 101 Å². The molecule has 0 amide bonds. The van der Waals surface area contributed by atoms with Gasteiger partial charge in [-0.15, -0.1) is 26.4 Å². The van der Waals surface area contributed by atoms with Crippen molar-refractivity contribution in [2.24, 2.45) is 0 Å². The first-order chi connectivity index (χ1) is 42.7. The molecule has 0 spiro atoms. The van der Waals surface area contributed by atoms with E-state index in [9.17, 15) is 79.8 Å². The van der Waals surface area contributed by atoms with Crippen molar-refractivity contribution < 1.29 is 222 Å². The quantitative estimate of drug-likeness (QED) is 0.0597. The molecule has 6 N–H and O–H groups in total. The van der Waals surface area contributed by atoms with Crippen LogP contribution in [-0.2, 0) is 34.1 Å².